The minimum absolute atomic E-state index is 0.698. The first-order chi connectivity index (χ1) is 15.3. The third-order valence-corrected chi connectivity index (χ3v) is 6.90. The zero-order valence-electron chi connectivity index (χ0n) is 17.9. The first-order valence-electron chi connectivity index (χ1n) is 10.8. The summed E-state index contributed by atoms with van der Waals surface area (Å²) in [4.78, 5) is 9.58. The van der Waals surface area contributed by atoms with Gasteiger partial charge in [-0.1, -0.05) is 23.9 Å². The van der Waals surface area contributed by atoms with E-state index in [0.717, 1.165) is 72.9 Å². The van der Waals surface area contributed by atoms with Crippen molar-refractivity contribution >= 4 is 17.4 Å². The van der Waals surface area contributed by atoms with E-state index in [9.17, 15) is 0 Å². The second-order valence-corrected chi connectivity index (χ2v) is 8.89. The maximum atomic E-state index is 6.00. The van der Waals surface area contributed by atoms with E-state index in [-0.39, 0.29) is 0 Å². The molecule has 3 heterocycles. The lowest BCUT2D eigenvalue weighted by Crippen LogP contribution is -2.47. The van der Waals surface area contributed by atoms with E-state index >= 15 is 0 Å². The Morgan fingerprint density at radius 1 is 0.968 bits per heavy atom. The highest BCUT2D eigenvalue weighted by atomic mass is 32.2. The number of aryl methyl sites for hydroxylation is 1. The van der Waals surface area contributed by atoms with Gasteiger partial charge >= 0.3 is 0 Å². The van der Waals surface area contributed by atoms with Crippen LogP contribution in [0.15, 0.2) is 59.9 Å². The monoisotopic (exact) mass is 436 g/mol. The zero-order chi connectivity index (χ0) is 21.0. The minimum atomic E-state index is 0.698. The fourth-order valence-corrected chi connectivity index (χ4v) is 5.11. The lowest BCUT2D eigenvalue weighted by atomic mass is 10.1. The van der Waals surface area contributed by atoms with Gasteiger partial charge in [-0.2, -0.15) is 0 Å². The van der Waals surface area contributed by atoms with Crippen LogP contribution in [0.3, 0.4) is 0 Å². The summed E-state index contributed by atoms with van der Waals surface area (Å²) in [5, 5.41) is 1.13. The van der Waals surface area contributed by atoms with E-state index in [2.05, 4.69) is 44.8 Å². The summed E-state index contributed by atoms with van der Waals surface area (Å²) in [5.74, 6) is 2.99. The fourth-order valence-electron chi connectivity index (χ4n) is 4.17. The molecule has 31 heavy (non-hydrogen) atoms. The molecule has 7 heteroatoms. The molecule has 0 spiro atoms. The van der Waals surface area contributed by atoms with Gasteiger partial charge in [0.25, 0.3) is 0 Å². The number of fused-ring (bicyclic) bond motifs is 1. The minimum Gasteiger partial charge on any atom is -0.495 e. The predicted molar refractivity (Wildman–Crippen MR) is 126 cm³/mol. The van der Waals surface area contributed by atoms with Gasteiger partial charge in [-0.05, 0) is 36.4 Å². The van der Waals surface area contributed by atoms with Gasteiger partial charge in [0, 0.05) is 56.8 Å². The predicted octanol–water partition coefficient (Wildman–Crippen LogP) is 3.87. The van der Waals surface area contributed by atoms with Crippen molar-refractivity contribution in [1.82, 2.24) is 14.5 Å². The van der Waals surface area contributed by atoms with Gasteiger partial charge in [-0.3, -0.25) is 4.90 Å². The lowest BCUT2D eigenvalue weighted by molar-refractivity contribution is 0.200. The van der Waals surface area contributed by atoms with Crippen LogP contribution in [0.2, 0.25) is 0 Å². The summed E-state index contributed by atoms with van der Waals surface area (Å²) in [5.41, 5.74) is 3.37. The molecule has 5 rings (SSSR count). The summed E-state index contributed by atoms with van der Waals surface area (Å²) in [6.07, 6.45) is 2.15. The summed E-state index contributed by atoms with van der Waals surface area (Å²) in [6, 6.07) is 16.6. The van der Waals surface area contributed by atoms with Gasteiger partial charge in [0.2, 0.25) is 0 Å². The number of hydrogen-bond acceptors (Lipinski definition) is 6. The number of thioether (sulfide) groups is 1. The van der Waals surface area contributed by atoms with Crippen molar-refractivity contribution in [2.24, 2.45) is 0 Å². The molecule has 1 fully saturated rings. The van der Waals surface area contributed by atoms with Crippen LogP contribution >= 0.6 is 11.8 Å². The Hall–Kier alpha value is -2.64. The second kappa shape index (κ2) is 9.24. The van der Waals surface area contributed by atoms with Gasteiger partial charge in [0.1, 0.15) is 18.1 Å². The number of para-hydroxylation sites is 2. The van der Waals surface area contributed by atoms with Gasteiger partial charge < -0.3 is 18.9 Å². The van der Waals surface area contributed by atoms with Crippen LogP contribution < -0.4 is 14.4 Å². The third kappa shape index (κ3) is 4.52. The highest BCUT2D eigenvalue weighted by Crippen LogP contribution is 2.30. The Labute approximate surface area is 187 Å². The van der Waals surface area contributed by atoms with E-state index in [0.29, 0.717) is 6.61 Å². The van der Waals surface area contributed by atoms with E-state index in [1.165, 1.54) is 5.69 Å². The van der Waals surface area contributed by atoms with Crippen molar-refractivity contribution in [2.75, 3.05) is 57.1 Å². The van der Waals surface area contributed by atoms with Gasteiger partial charge in [0.15, 0.2) is 5.16 Å². The van der Waals surface area contributed by atoms with E-state index < -0.39 is 0 Å². The maximum Gasteiger partial charge on any atom is 0.168 e. The second-order valence-electron chi connectivity index (χ2n) is 7.82. The van der Waals surface area contributed by atoms with E-state index in [1.54, 1.807) is 7.11 Å². The molecule has 1 aromatic heterocycles. The van der Waals surface area contributed by atoms with Gasteiger partial charge in [-0.15, -0.1) is 0 Å². The zero-order valence-corrected chi connectivity index (χ0v) is 18.7. The molecule has 0 aliphatic carbocycles. The molecule has 2 aromatic carbocycles. The molecule has 0 amide bonds. The Kier molecular flexibility index (Phi) is 6.04. The fraction of sp³-hybridized carbons (Fsp3) is 0.375. The molecule has 0 bridgehead atoms. The lowest BCUT2D eigenvalue weighted by Gasteiger charge is -2.36. The Morgan fingerprint density at radius 3 is 2.55 bits per heavy atom. The van der Waals surface area contributed by atoms with Crippen molar-refractivity contribution in [3.63, 3.8) is 0 Å². The Bertz CT molecular complexity index is 991. The van der Waals surface area contributed by atoms with Crippen molar-refractivity contribution in [2.45, 2.75) is 11.7 Å². The molecule has 0 radical (unpaired) electrons. The van der Waals surface area contributed by atoms with Crippen molar-refractivity contribution < 1.29 is 9.47 Å². The number of rotatable bonds is 7. The molecular weight excluding hydrogens is 408 g/mol. The van der Waals surface area contributed by atoms with Crippen LogP contribution in [0.1, 0.15) is 0 Å². The molecule has 0 saturated carbocycles. The van der Waals surface area contributed by atoms with Crippen LogP contribution in [0, 0.1) is 0 Å². The number of imidazole rings is 1. The first-order valence-corrected chi connectivity index (χ1v) is 11.8. The number of piperazine rings is 1. The number of aromatic nitrogens is 2. The molecule has 0 N–H and O–H groups in total. The SMILES string of the molecule is COc1ccccc1N1CCN(CCOc2ccc(-c3cn4c(n3)SCC4)cc2)CC1. The molecule has 2 aliphatic rings. The van der Waals surface area contributed by atoms with Crippen LogP contribution in [-0.2, 0) is 6.54 Å². The van der Waals surface area contributed by atoms with Gasteiger partial charge in [-0.25, -0.2) is 4.98 Å². The molecule has 3 aromatic rings. The van der Waals surface area contributed by atoms with Crippen LogP contribution in [0.4, 0.5) is 5.69 Å². The number of methoxy groups -OCH3 is 1. The largest absolute Gasteiger partial charge is 0.495 e. The summed E-state index contributed by atoms with van der Waals surface area (Å²) >= 11 is 1.82. The molecule has 6 nitrogen and oxygen atoms in total. The molecule has 2 aliphatic heterocycles. The summed E-state index contributed by atoms with van der Waals surface area (Å²) in [6.45, 7) is 6.76. The van der Waals surface area contributed by atoms with E-state index in [1.807, 2.05) is 36.0 Å². The van der Waals surface area contributed by atoms with Crippen molar-refractivity contribution in [3.8, 4) is 22.8 Å². The number of anilines is 1. The maximum absolute atomic E-state index is 6.00. The topological polar surface area (TPSA) is 42.8 Å². The third-order valence-electron chi connectivity index (χ3n) is 5.93. The molecular formula is C24H28N4O2S. The average Bonchev–Trinajstić information content (AvgIpc) is 3.43. The molecule has 1 saturated heterocycles. The number of nitrogens with zero attached hydrogens (tertiary/aromatic N) is 4. The normalized spacial score (nSPS) is 16.4. The highest BCUT2D eigenvalue weighted by molar-refractivity contribution is 7.99. The molecule has 0 atom stereocenters. The smallest absolute Gasteiger partial charge is 0.168 e. The Morgan fingerprint density at radius 2 is 1.77 bits per heavy atom. The average molecular weight is 437 g/mol. The number of ether oxygens (including phenoxy) is 2. The summed E-state index contributed by atoms with van der Waals surface area (Å²) < 4.78 is 13.7. The summed E-state index contributed by atoms with van der Waals surface area (Å²) in [7, 11) is 1.74. The van der Waals surface area contributed by atoms with E-state index in [4.69, 9.17) is 14.5 Å². The van der Waals surface area contributed by atoms with Crippen LogP contribution in [-0.4, -0.2) is 66.6 Å². The van der Waals surface area contributed by atoms with Crippen molar-refractivity contribution in [1.29, 1.82) is 0 Å². The quantitative estimate of drug-likeness (QED) is 0.560. The molecule has 0 unspecified atom stereocenters. The first kappa shape index (κ1) is 20.3. The van der Waals surface area contributed by atoms with Gasteiger partial charge in [0.05, 0.1) is 18.5 Å². The molecule has 162 valence electrons. The number of hydrogen-bond donors (Lipinski definition) is 0. The van der Waals surface area contributed by atoms with Crippen LogP contribution in [0.25, 0.3) is 11.3 Å². The van der Waals surface area contributed by atoms with Crippen molar-refractivity contribution in [3.05, 3.63) is 54.7 Å². The highest BCUT2D eigenvalue weighted by Gasteiger charge is 2.19. The number of benzene rings is 2. The standard InChI is InChI=1S/C24H28N4O2S/c1-29-23-5-3-2-4-22(23)27-12-10-26(11-13-27)14-16-30-20-8-6-19(7-9-20)21-18-28-15-17-31-24(28)25-21/h2-9,18H,10-17H2,1H3. The Balaban J connectivity index is 1.08. The van der Waals surface area contributed by atoms with Crippen LogP contribution in [0.5, 0.6) is 11.5 Å².